The van der Waals surface area contributed by atoms with E-state index in [-0.39, 0.29) is 18.1 Å². The van der Waals surface area contributed by atoms with Gasteiger partial charge in [0.2, 0.25) is 0 Å². The maximum Gasteiger partial charge on any atom is 0.251 e. The summed E-state index contributed by atoms with van der Waals surface area (Å²) in [7, 11) is 0. The molecule has 1 fully saturated rings. The molecule has 0 bridgehead atoms. The van der Waals surface area contributed by atoms with Crippen molar-refractivity contribution in [2.45, 2.75) is 37.8 Å². The molecule has 3 N–H and O–H groups in total. The first-order valence-electron chi connectivity index (χ1n) is 6.11. The van der Waals surface area contributed by atoms with E-state index in [1.807, 2.05) is 24.3 Å². The molecular formula is C13H17BrN2O2. The van der Waals surface area contributed by atoms with E-state index in [1.54, 1.807) is 0 Å². The van der Waals surface area contributed by atoms with Gasteiger partial charge in [-0.1, -0.05) is 15.9 Å². The van der Waals surface area contributed by atoms with E-state index >= 15 is 0 Å². The number of hydrogen-bond donors (Lipinski definition) is 2. The molecule has 0 saturated heterocycles. The molecule has 1 aromatic rings. The Morgan fingerprint density at radius 2 is 1.83 bits per heavy atom. The molecule has 18 heavy (non-hydrogen) atoms. The van der Waals surface area contributed by atoms with Crippen LogP contribution in [0, 0.1) is 0 Å². The summed E-state index contributed by atoms with van der Waals surface area (Å²) in [6, 6.07) is 7.59. The molecule has 0 radical (unpaired) electrons. The molecule has 1 aliphatic carbocycles. The minimum atomic E-state index is -0.0142. The molecule has 0 spiro atoms. The van der Waals surface area contributed by atoms with Crippen molar-refractivity contribution in [3.05, 3.63) is 34.3 Å². The van der Waals surface area contributed by atoms with Crippen molar-refractivity contribution in [3.63, 3.8) is 0 Å². The minimum Gasteiger partial charge on any atom is -0.349 e. The van der Waals surface area contributed by atoms with E-state index in [2.05, 4.69) is 21.2 Å². The first-order valence-corrected chi connectivity index (χ1v) is 6.90. The fraction of sp³-hybridized carbons (Fsp3) is 0.462. The van der Waals surface area contributed by atoms with E-state index in [0.29, 0.717) is 5.56 Å². The molecule has 2 rings (SSSR count). The average Bonchev–Trinajstić information content (AvgIpc) is 2.40. The fourth-order valence-corrected chi connectivity index (χ4v) is 2.48. The quantitative estimate of drug-likeness (QED) is 0.842. The van der Waals surface area contributed by atoms with Gasteiger partial charge in [-0.15, -0.1) is 0 Å². The third-order valence-corrected chi connectivity index (χ3v) is 3.84. The number of rotatable bonds is 3. The van der Waals surface area contributed by atoms with Crippen molar-refractivity contribution in [2.24, 2.45) is 5.90 Å². The van der Waals surface area contributed by atoms with Crippen LogP contribution in [0.3, 0.4) is 0 Å². The number of carbonyl (C=O) groups is 1. The molecule has 0 heterocycles. The second-order valence-electron chi connectivity index (χ2n) is 4.59. The number of halogens is 1. The van der Waals surface area contributed by atoms with Gasteiger partial charge in [0, 0.05) is 16.1 Å². The lowest BCUT2D eigenvalue weighted by atomic mass is 9.93. The van der Waals surface area contributed by atoms with Gasteiger partial charge < -0.3 is 10.2 Å². The third kappa shape index (κ3) is 3.54. The molecule has 1 aliphatic rings. The zero-order valence-corrected chi connectivity index (χ0v) is 11.7. The summed E-state index contributed by atoms with van der Waals surface area (Å²) in [6.45, 7) is 0. The van der Waals surface area contributed by atoms with Gasteiger partial charge >= 0.3 is 0 Å². The molecule has 1 aromatic carbocycles. The van der Waals surface area contributed by atoms with Crippen molar-refractivity contribution >= 4 is 21.8 Å². The Bertz CT molecular complexity index is 400. The largest absolute Gasteiger partial charge is 0.349 e. The Kier molecular flexibility index (Phi) is 4.74. The predicted octanol–water partition coefficient (Wildman–Crippen LogP) is 2.38. The fourth-order valence-electron chi connectivity index (χ4n) is 2.21. The van der Waals surface area contributed by atoms with Crippen LogP contribution in [0.15, 0.2) is 28.7 Å². The highest BCUT2D eigenvalue weighted by molar-refractivity contribution is 9.10. The Morgan fingerprint density at radius 3 is 2.39 bits per heavy atom. The smallest absolute Gasteiger partial charge is 0.251 e. The van der Waals surface area contributed by atoms with Crippen LogP contribution in [-0.2, 0) is 4.84 Å². The summed E-state index contributed by atoms with van der Waals surface area (Å²) in [5.74, 6) is 5.15. The van der Waals surface area contributed by atoms with Crippen LogP contribution in [0.25, 0.3) is 0 Å². The maximum absolute atomic E-state index is 12.0. The summed E-state index contributed by atoms with van der Waals surface area (Å²) >= 11 is 3.35. The first kappa shape index (κ1) is 13.5. The Labute approximate surface area is 115 Å². The average molecular weight is 313 g/mol. The number of hydrogen-bond acceptors (Lipinski definition) is 3. The van der Waals surface area contributed by atoms with Gasteiger partial charge in [-0.05, 0) is 49.9 Å². The highest BCUT2D eigenvalue weighted by Crippen LogP contribution is 2.20. The number of benzene rings is 1. The summed E-state index contributed by atoms with van der Waals surface area (Å²) in [5.41, 5.74) is 0.690. The van der Waals surface area contributed by atoms with Crippen LogP contribution in [0.5, 0.6) is 0 Å². The minimum absolute atomic E-state index is 0.0142. The summed E-state index contributed by atoms with van der Waals surface area (Å²) in [6.07, 6.45) is 3.79. The van der Waals surface area contributed by atoms with Gasteiger partial charge in [-0.3, -0.25) is 4.79 Å². The lowest BCUT2D eigenvalue weighted by Crippen LogP contribution is -2.39. The van der Waals surface area contributed by atoms with Crippen molar-refractivity contribution in [3.8, 4) is 0 Å². The maximum atomic E-state index is 12.0. The molecular weight excluding hydrogens is 296 g/mol. The van der Waals surface area contributed by atoms with E-state index in [4.69, 9.17) is 10.7 Å². The molecule has 0 unspecified atom stereocenters. The van der Waals surface area contributed by atoms with Crippen LogP contribution in [0.4, 0.5) is 0 Å². The van der Waals surface area contributed by atoms with Crippen LogP contribution in [0.1, 0.15) is 36.0 Å². The lowest BCUT2D eigenvalue weighted by molar-refractivity contribution is 0.0217. The summed E-state index contributed by atoms with van der Waals surface area (Å²) in [4.78, 5) is 16.8. The number of amides is 1. The van der Waals surface area contributed by atoms with Crippen LogP contribution < -0.4 is 11.2 Å². The van der Waals surface area contributed by atoms with Gasteiger partial charge in [0.1, 0.15) is 0 Å². The van der Waals surface area contributed by atoms with Crippen LogP contribution >= 0.6 is 15.9 Å². The van der Waals surface area contributed by atoms with Crippen molar-refractivity contribution in [2.75, 3.05) is 0 Å². The molecule has 1 amide bonds. The molecule has 5 heteroatoms. The highest BCUT2D eigenvalue weighted by atomic mass is 79.9. The Morgan fingerprint density at radius 1 is 1.22 bits per heavy atom. The normalized spacial score (nSPS) is 23.7. The van der Waals surface area contributed by atoms with Gasteiger partial charge in [0.15, 0.2) is 0 Å². The van der Waals surface area contributed by atoms with E-state index in [0.717, 1.165) is 30.2 Å². The van der Waals surface area contributed by atoms with E-state index in [1.165, 1.54) is 0 Å². The molecule has 1 saturated carbocycles. The molecule has 0 aromatic heterocycles. The number of nitrogens with one attached hydrogen (secondary N) is 1. The van der Waals surface area contributed by atoms with Crippen LogP contribution in [0.2, 0.25) is 0 Å². The zero-order valence-electron chi connectivity index (χ0n) is 10.1. The molecule has 0 atom stereocenters. The lowest BCUT2D eigenvalue weighted by Gasteiger charge is -2.27. The topological polar surface area (TPSA) is 64.3 Å². The second kappa shape index (κ2) is 6.31. The van der Waals surface area contributed by atoms with E-state index < -0.39 is 0 Å². The Balaban J connectivity index is 1.86. The summed E-state index contributed by atoms with van der Waals surface area (Å²) in [5, 5.41) is 3.05. The first-order chi connectivity index (χ1) is 8.69. The van der Waals surface area contributed by atoms with Crippen molar-refractivity contribution in [1.82, 2.24) is 5.32 Å². The van der Waals surface area contributed by atoms with Crippen molar-refractivity contribution in [1.29, 1.82) is 0 Å². The molecule has 4 nitrogen and oxygen atoms in total. The Hall–Kier alpha value is -0.910. The highest BCUT2D eigenvalue weighted by Gasteiger charge is 2.22. The molecule has 98 valence electrons. The van der Waals surface area contributed by atoms with Gasteiger partial charge in [0.25, 0.3) is 5.91 Å². The van der Waals surface area contributed by atoms with E-state index in [9.17, 15) is 4.79 Å². The SMILES string of the molecule is NOC1CCC(NC(=O)c2ccc(Br)cc2)CC1. The van der Waals surface area contributed by atoms with Gasteiger partial charge in [-0.25, -0.2) is 5.90 Å². The number of nitrogens with two attached hydrogens (primary N) is 1. The molecule has 0 aliphatic heterocycles. The predicted molar refractivity (Wildman–Crippen MR) is 72.9 cm³/mol. The number of carbonyl (C=O) groups excluding carboxylic acids is 1. The monoisotopic (exact) mass is 312 g/mol. The second-order valence-corrected chi connectivity index (χ2v) is 5.51. The van der Waals surface area contributed by atoms with Gasteiger partial charge in [-0.2, -0.15) is 0 Å². The zero-order chi connectivity index (χ0) is 13.0. The third-order valence-electron chi connectivity index (χ3n) is 3.31. The summed E-state index contributed by atoms with van der Waals surface area (Å²) < 4.78 is 0.972. The van der Waals surface area contributed by atoms with Crippen molar-refractivity contribution < 1.29 is 9.63 Å². The standard InChI is InChI=1S/C13H17BrN2O2/c14-10-3-1-9(2-4-10)13(17)16-11-5-7-12(18-15)8-6-11/h1-4,11-12H,5-8,15H2,(H,16,17). The van der Waals surface area contributed by atoms with Gasteiger partial charge in [0.05, 0.1) is 6.10 Å². The van der Waals surface area contributed by atoms with Crippen LogP contribution in [-0.4, -0.2) is 18.1 Å².